The third-order valence-corrected chi connectivity index (χ3v) is 12.8. The summed E-state index contributed by atoms with van der Waals surface area (Å²) in [6.45, 7) is 12.0. The Labute approximate surface area is 374 Å². The van der Waals surface area contributed by atoms with Gasteiger partial charge in [0.1, 0.15) is 12.0 Å². The topological polar surface area (TPSA) is 46.6 Å². The van der Waals surface area contributed by atoms with Crippen molar-refractivity contribution < 1.29 is 0 Å². The molecule has 0 amide bonds. The summed E-state index contributed by atoms with van der Waals surface area (Å²) in [7, 11) is 0. The van der Waals surface area contributed by atoms with Crippen LogP contribution >= 0.6 is 11.3 Å². The molecule has 1 N–H and O–H groups in total. The number of benzene rings is 7. The minimum absolute atomic E-state index is 0.282. The van der Waals surface area contributed by atoms with E-state index in [0.717, 1.165) is 58.1 Å². The van der Waals surface area contributed by atoms with Crippen molar-refractivity contribution >= 4 is 86.8 Å². The van der Waals surface area contributed by atoms with Crippen LogP contribution in [0.5, 0.6) is 0 Å². The standard InChI is InChI=1S/C51H35N5S.3C2H6/c1-4-16-32(17-5-1)49-52-50(33-18-6-2-7-19-33)54-51(53-49)41-31-35(30-40-37-23-12-15-27-45(37)57-48(40)41)56-42-25-13-10-22-36(42)38-28-29-44-46(47(38)56)39-24-11-14-26-43(39)55(44)34-20-8-3-9-21-34;3*1-2/h1,3-6,8-31,49H,2,7H2,(H,52,53,54);3*1-2H3. The molecule has 0 saturated carbocycles. The van der Waals surface area contributed by atoms with Crippen molar-refractivity contribution in [2.45, 2.75) is 60.5 Å². The van der Waals surface area contributed by atoms with Gasteiger partial charge in [-0.1, -0.05) is 169 Å². The maximum Gasteiger partial charge on any atom is 0.160 e. The molecule has 0 bridgehead atoms. The lowest BCUT2D eigenvalue weighted by molar-refractivity contribution is 0.674. The summed E-state index contributed by atoms with van der Waals surface area (Å²) in [5, 5.41) is 11.1. The fraction of sp³-hybridized carbons (Fsp3) is 0.158. The van der Waals surface area contributed by atoms with Crippen LogP contribution in [0.25, 0.3) is 75.2 Å². The third-order valence-electron chi connectivity index (χ3n) is 11.6. The Morgan fingerprint density at radius 2 is 1.21 bits per heavy atom. The number of rotatable bonds is 5. The second kappa shape index (κ2) is 18.1. The lowest BCUT2D eigenvalue weighted by atomic mass is 10.0. The summed E-state index contributed by atoms with van der Waals surface area (Å²) in [4.78, 5) is 10.8. The summed E-state index contributed by atoms with van der Waals surface area (Å²) >= 11 is 1.82. The maximum absolute atomic E-state index is 5.42. The number of nitrogens with one attached hydrogen (secondary N) is 1. The van der Waals surface area contributed by atoms with Gasteiger partial charge in [0.05, 0.1) is 22.1 Å². The Morgan fingerprint density at radius 1 is 0.556 bits per heavy atom. The molecular formula is C57H53N5S. The summed E-state index contributed by atoms with van der Waals surface area (Å²) < 4.78 is 7.34. The van der Waals surface area contributed by atoms with Crippen molar-refractivity contribution in [3.05, 3.63) is 193 Å². The first-order chi connectivity index (χ1) is 31.3. The van der Waals surface area contributed by atoms with Crippen molar-refractivity contribution in [3.8, 4) is 11.4 Å². The van der Waals surface area contributed by atoms with Gasteiger partial charge in [0.2, 0.25) is 0 Å². The van der Waals surface area contributed by atoms with Gasteiger partial charge < -0.3 is 14.5 Å². The molecule has 1 atom stereocenters. The van der Waals surface area contributed by atoms with E-state index in [9.17, 15) is 0 Å². The van der Waals surface area contributed by atoms with Crippen molar-refractivity contribution in [2.75, 3.05) is 0 Å². The second-order valence-corrected chi connectivity index (χ2v) is 15.9. The Morgan fingerprint density at radius 3 is 1.94 bits per heavy atom. The van der Waals surface area contributed by atoms with Crippen LogP contribution in [0.1, 0.15) is 71.7 Å². The van der Waals surface area contributed by atoms with Crippen LogP contribution in [-0.4, -0.2) is 20.8 Å². The molecule has 1 aliphatic carbocycles. The maximum atomic E-state index is 5.42. The number of nitrogens with zero attached hydrogens (tertiary/aromatic N) is 4. The first-order valence-corrected chi connectivity index (χ1v) is 23.4. The van der Waals surface area contributed by atoms with Gasteiger partial charge in [0, 0.05) is 64.2 Å². The molecule has 0 radical (unpaired) electrons. The number of hydrogen-bond acceptors (Lipinski definition) is 4. The van der Waals surface area contributed by atoms with Gasteiger partial charge in [-0.2, -0.15) is 0 Å². The first-order valence-electron chi connectivity index (χ1n) is 22.6. The highest BCUT2D eigenvalue weighted by Crippen LogP contribution is 2.44. The smallest absolute Gasteiger partial charge is 0.160 e. The molecule has 5 nitrogen and oxygen atoms in total. The molecule has 10 aromatic rings. The highest BCUT2D eigenvalue weighted by atomic mass is 32.1. The first kappa shape index (κ1) is 41.3. The summed E-state index contributed by atoms with van der Waals surface area (Å²) in [6, 6.07) is 57.0. The number of aromatic nitrogens is 2. The Bertz CT molecular complexity index is 3380. The van der Waals surface area contributed by atoms with Gasteiger partial charge in [-0.3, -0.25) is 0 Å². The summed E-state index contributed by atoms with van der Waals surface area (Å²) in [5.41, 5.74) is 10.2. The molecule has 2 aliphatic rings. The number of fused-ring (bicyclic) bond motifs is 10. The molecule has 6 heteroatoms. The zero-order chi connectivity index (χ0) is 43.5. The molecule has 63 heavy (non-hydrogen) atoms. The molecule has 0 saturated heterocycles. The number of allylic oxidation sites excluding steroid dienone is 2. The van der Waals surface area contributed by atoms with Crippen LogP contribution in [0, 0.1) is 0 Å². The molecule has 12 rings (SSSR count). The predicted molar refractivity (Wildman–Crippen MR) is 275 cm³/mol. The van der Waals surface area contributed by atoms with Crippen molar-refractivity contribution in [1.29, 1.82) is 0 Å². The van der Waals surface area contributed by atoms with Crippen LogP contribution in [0.15, 0.2) is 192 Å². The van der Waals surface area contributed by atoms with Crippen LogP contribution in [-0.2, 0) is 0 Å². The van der Waals surface area contributed by atoms with Crippen LogP contribution < -0.4 is 5.32 Å². The van der Waals surface area contributed by atoms with E-state index in [1.54, 1.807) is 0 Å². The Kier molecular flexibility index (Phi) is 11.9. The normalized spacial score (nSPS) is 14.6. The van der Waals surface area contributed by atoms with E-state index in [2.05, 4.69) is 190 Å². The second-order valence-electron chi connectivity index (χ2n) is 14.9. The monoisotopic (exact) mass is 839 g/mol. The van der Waals surface area contributed by atoms with Gasteiger partial charge in [0.15, 0.2) is 5.84 Å². The van der Waals surface area contributed by atoms with E-state index < -0.39 is 0 Å². The molecule has 0 fully saturated rings. The van der Waals surface area contributed by atoms with Crippen LogP contribution in [0.3, 0.4) is 0 Å². The molecule has 0 spiro atoms. The van der Waals surface area contributed by atoms with E-state index in [1.165, 1.54) is 58.3 Å². The molecular weight excluding hydrogens is 787 g/mol. The van der Waals surface area contributed by atoms with Gasteiger partial charge >= 0.3 is 0 Å². The number of aliphatic imine (C=N–C) groups is 2. The molecule has 4 heterocycles. The molecule has 3 aromatic heterocycles. The van der Waals surface area contributed by atoms with Gasteiger partial charge in [-0.15, -0.1) is 11.3 Å². The zero-order valence-corrected chi connectivity index (χ0v) is 37.7. The fourth-order valence-electron chi connectivity index (χ4n) is 9.05. The van der Waals surface area contributed by atoms with Gasteiger partial charge in [0.25, 0.3) is 0 Å². The lowest BCUT2D eigenvalue weighted by Gasteiger charge is -2.25. The SMILES string of the molecule is C1=CC(C2=NC(c3cc(-n4c5ccccc5c5ccc6c(c7ccccc7n6-c6ccccc6)c54)cc4c3sc3ccccc34)=NC(c3ccccc3)N2)=CCC1.CC.CC.CC. The highest BCUT2D eigenvalue weighted by molar-refractivity contribution is 7.26. The van der Waals surface area contributed by atoms with E-state index in [-0.39, 0.29) is 6.17 Å². The van der Waals surface area contributed by atoms with E-state index in [1.807, 2.05) is 52.9 Å². The third kappa shape index (κ3) is 7.14. The van der Waals surface area contributed by atoms with Crippen molar-refractivity contribution in [2.24, 2.45) is 9.98 Å². The quantitative estimate of drug-likeness (QED) is 0.184. The predicted octanol–water partition coefficient (Wildman–Crippen LogP) is 16.1. The van der Waals surface area contributed by atoms with Gasteiger partial charge in [-0.25, -0.2) is 9.98 Å². The molecule has 1 aliphatic heterocycles. The fourth-order valence-corrected chi connectivity index (χ4v) is 10.2. The van der Waals surface area contributed by atoms with Crippen molar-refractivity contribution in [1.82, 2.24) is 14.5 Å². The largest absolute Gasteiger partial charge is 0.344 e. The molecule has 312 valence electrons. The Balaban J connectivity index is 0.000000808. The van der Waals surface area contributed by atoms with E-state index >= 15 is 0 Å². The summed E-state index contributed by atoms with van der Waals surface area (Å²) in [6.07, 6.45) is 8.48. The zero-order valence-electron chi connectivity index (χ0n) is 36.9. The Hall–Kier alpha value is -7.02. The molecule has 7 aromatic carbocycles. The van der Waals surface area contributed by atoms with Crippen LogP contribution in [0.4, 0.5) is 0 Å². The molecule has 1 unspecified atom stereocenters. The highest BCUT2D eigenvalue weighted by Gasteiger charge is 2.26. The van der Waals surface area contributed by atoms with Crippen molar-refractivity contribution in [3.63, 3.8) is 0 Å². The van der Waals surface area contributed by atoms with E-state index in [0.29, 0.717) is 0 Å². The number of amidine groups is 2. The average Bonchev–Trinajstić information content (AvgIpc) is 4.04. The van der Waals surface area contributed by atoms with E-state index in [4.69, 9.17) is 9.98 Å². The minimum Gasteiger partial charge on any atom is -0.344 e. The number of thiophene rings is 1. The summed E-state index contributed by atoms with van der Waals surface area (Å²) in [5.74, 6) is 1.60. The van der Waals surface area contributed by atoms with Crippen LogP contribution in [0.2, 0.25) is 0 Å². The lowest BCUT2D eigenvalue weighted by Crippen LogP contribution is -2.34. The minimum atomic E-state index is -0.282. The number of para-hydroxylation sites is 3. The van der Waals surface area contributed by atoms with Gasteiger partial charge in [-0.05, 0) is 66.9 Å². The average molecular weight is 840 g/mol. The number of hydrogen-bond donors (Lipinski definition) is 1.